The monoisotopic (exact) mass is 390 g/mol. The molecule has 1 aromatic heterocycles. The maximum atomic E-state index is 12.2. The second kappa shape index (κ2) is 7.70. The Morgan fingerprint density at radius 2 is 1.44 bits per heavy atom. The van der Waals surface area contributed by atoms with Crippen molar-refractivity contribution in [2.45, 2.75) is 0 Å². The quantitative estimate of drug-likeness (QED) is 0.612. The summed E-state index contributed by atoms with van der Waals surface area (Å²) >= 11 is 13.1. The second-order valence-electron chi connectivity index (χ2n) is 5.09. The number of halogens is 2. The van der Waals surface area contributed by atoms with E-state index in [9.17, 15) is 9.59 Å². The molecule has 7 heteroatoms. The predicted molar refractivity (Wildman–Crippen MR) is 103 cm³/mol. The average Bonchev–Trinajstić information content (AvgIpc) is 3.14. The molecule has 0 fully saturated rings. The maximum absolute atomic E-state index is 12.2. The van der Waals surface area contributed by atoms with Gasteiger partial charge in [0.05, 0.1) is 14.9 Å². The summed E-state index contributed by atoms with van der Waals surface area (Å²) in [5.74, 6) is -0.462. The van der Waals surface area contributed by atoms with Gasteiger partial charge < -0.3 is 10.6 Å². The van der Waals surface area contributed by atoms with Crippen molar-refractivity contribution >= 4 is 57.7 Å². The SMILES string of the molecule is O=C(Nc1ccc(NC(=O)c2cccs2)cc1)c1ccc(Cl)c(Cl)c1. The summed E-state index contributed by atoms with van der Waals surface area (Å²) < 4.78 is 0. The minimum absolute atomic E-state index is 0.164. The molecule has 25 heavy (non-hydrogen) atoms. The zero-order chi connectivity index (χ0) is 17.8. The highest BCUT2D eigenvalue weighted by atomic mass is 35.5. The van der Waals surface area contributed by atoms with Crippen LogP contribution in [0.1, 0.15) is 20.0 Å². The third-order valence-electron chi connectivity index (χ3n) is 3.33. The fraction of sp³-hybridized carbons (Fsp3) is 0. The number of nitrogens with one attached hydrogen (secondary N) is 2. The molecule has 0 unspecified atom stereocenters. The van der Waals surface area contributed by atoms with Crippen molar-refractivity contribution in [2.24, 2.45) is 0 Å². The van der Waals surface area contributed by atoms with Crippen molar-refractivity contribution < 1.29 is 9.59 Å². The number of amides is 2. The molecule has 3 rings (SSSR count). The largest absolute Gasteiger partial charge is 0.322 e. The summed E-state index contributed by atoms with van der Waals surface area (Å²) in [4.78, 5) is 24.8. The normalized spacial score (nSPS) is 10.3. The first kappa shape index (κ1) is 17.5. The molecule has 3 aromatic rings. The smallest absolute Gasteiger partial charge is 0.265 e. The van der Waals surface area contributed by atoms with Crippen LogP contribution in [0.5, 0.6) is 0 Å². The summed E-state index contributed by atoms with van der Waals surface area (Å²) in [6.07, 6.45) is 0. The van der Waals surface area contributed by atoms with Gasteiger partial charge in [-0.3, -0.25) is 9.59 Å². The molecule has 4 nitrogen and oxygen atoms in total. The Hall–Kier alpha value is -2.34. The van der Waals surface area contributed by atoms with E-state index < -0.39 is 0 Å². The van der Waals surface area contributed by atoms with Crippen molar-refractivity contribution in [1.29, 1.82) is 0 Å². The van der Waals surface area contributed by atoms with Crippen LogP contribution in [-0.4, -0.2) is 11.8 Å². The lowest BCUT2D eigenvalue weighted by Crippen LogP contribution is -2.12. The molecule has 0 aliphatic carbocycles. The van der Waals surface area contributed by atoms with Gasteiger partial charge in [0.15, 0.2) is 0 Å². The first-order valence-electron chi connectivity index (χ1n) is 7.24. The highest BCUT2D eigenvalue weighted by molar-refractivity contribution is 7.12. The second-order valence-corrected chi connectivity index (χ2v) is 6.85. The summed E-state index contributed by atoms with van der Waals surface area (Å²) in [6.45, 7) is 0. The van der Waals surface area contributed by atoms with E-state index in [4.69, 9.17) is 23.2 Å². The summed E-state index contributed by atoms with van der Waals surface area (Å²) in [7, 11) is 0. The van der Waals surface area contributed by atoms with E-state index in [2.05, 4.69) is 10.6 Å². The van der Waals surface area contributed by atoms with Crippen LogP contribution in [0.25, 0.3) is 0 Å². The van der Waals surface area contributed by atoms with Gasteiger partial charge in [0.1, 0.15) is 0 Å². The third-order valence-corrected chi connectivity index (χ3v) is 4.94. The summed E-state index contributed by atoms with van der Waals surface area (Å²) in [5, 5.41) is 8.12. The summed E-state index contributed by atoms with van der Waals surface area (Å²) in [5.41, 5.74) is 1.65. The number of rotatable bonds is 4. The molecular formula is C18H12Cl2N2O2S. The van der Waals surface area contributed by atoms with Crippen LogP contribution in [0.3, 0.4) is 0 Å². The number of carbonyl (C=O) groups excluding carboxylic acids is 2. The first-order valence-corrected chi connectivity index (χ1v) is 8.88. The molecule has 0 aliphatic rings. The standard InChI is InChI=1S/C18H12Cl2N2O2S/c19-14-8-3-11(10-15(14)20)17(23)21-12-4-6-13(7-5-12)22-18(24)16-2-1-9-25-16/h1-10H,(H,21,23)(H,22,24). The molecule has 126 valence electrons. The van der Waals surface area contributed by atoms with E-state index >= 15 is 0 Å². The molecular weight excluding hydrogens is 379 g/mol. The molecule has 0 saturated heterocycles. The summed E-state index contributed by atoms with van der Waals surface area (Å²) in [6, 6.07) is 15.1. The van der Waals surface area contributed by atoms with Gasteiger partial charge in [-0.05, 0) is 53.9 Å². The molecule has 0 saturated carbocycles. The molecule has 2 amide bonds. The third kappa shape index (κ3) is 4.39. The van der Waals surface area contributed by atoms with Gasteiger partial charge in [0, 0.05) is 16.9 Å². The van der Waals surface area contributed by atoms with Gasteiger partial charge >= 0.3 is 0 Å². The van der Waals surface area contributed by atoms with Crippen LogP contribution < -0.4 is 10.6 Å². The average molecular weight is 391 g/mol. The predicted octanol–water partition coefficient (Wildman–Crippen LogP) is 5.56. The Morgan fingerprint density at radius 3 is 2.00 bits per heavy atom. The molecule has 2 N–H and O–H groups in total. The fourth-order valence-electron chi connectivity index (χ4n) is 2.08. The number of carbonyl (C=O) groups is 2. The van der Waals surface area contributed by atoms with Gasteiger partial charge in [-0.15, -0.1) is 11.3 Å². The van der Waals surface area contributed by atoms with Gasteiger partial charge in [0.2, 0.25) is 0 Å². The van der Waals surface area contributed by atoms with E-state index in [-0.39, 0.29) is 11.8 Å². The van der Waals surface area contributed by atoms with Crippen molar-refractivity contribution in [1.82, 2.24) is 0 Å². The molecule has 0 bridgehead atoms. The van der Waals surface area contributed by atoms with E-state index in [0.717, 1.165) is 0 Å². The lowest BCUT2D eigenvalue weighted by molar-refractivity contribution is 0.102. The van der Waals surface area contributed by atoms with Crippen molar-refractivity contribution in [2.75, 3.05) is 10.6 Å². The highest BCUT2D eigenvalue weighted by Crippen LogP contribution is 2.23. The van der Waals surface area contributed by atoms with E-state index in [1.807, 2.05) is 11.4 Å². The lowest BCUT2D eigenvalue weighted by atomic mass is 10.2. The van der Waals surface area contributed by atoms with Crippen LogP contribution in [0.2, 0.25) is 10.0 Å². The lowest BCUT2D eigenvalue weighted by Gasteiger charge is -2.08. The fourth-order valence-corrected chi connectivity index (χ4v) is 3.00. The van der Waals surface area contributed by atoms with Gasteiger partial charge in [-0.25, -0.2) is 0 Å². The number of benzene rings is 2. The zero-order valence-electron chi connectivity index (χ0n) is 12.8. The molecule has 0 spiro atoms. The van der Waals surface area contributed by atoms with E-state index in [0.29, 0.717) is 31.9 Å². The Balaban J connectivity index is 1.65. The van der Waals surface area contributed by atoms with E-state index in [1.165, 1.54) is 17.4 Å². The Labute approximate surface area is 158 Å². The minimum Gasteiger partial charge on any atom is -0.322 e. The molecule has 0 atom stereocenters. The van der Waals surface area contributed by atoms with Gasteiger partial charge in [0.25, 0.3) is 11.8 Å². The van der Waals surface area contributed by atoms with Crippen molar-refractivity contribution in [3.05, 3.63) is 80.5 Å². The Bertz CT molecular complexity index is 909. The highest BCUT2D eigenvalue weighted by Gasteiger charge is 2.10. The minimum atomic E-state index is -0.297. The van der Waals surface area contributed by atoms with Gasteiger partial charge in [-0.2, -0.15) is 0 Å². The van der Waals surface area contributed by atoms with E-state index in [1.54, 1.807) is 42.5 Å². The zero-order valence-corrected chi connectivity index (χ0v) is 15.1. The molecule has 0 radical (unpaired) electrons. The molecule has 2 aromatic carbocycles. The number of hydrogen-bond acceptors (Lipinski definition) is 3. The van der Waals surface area contributed by atoms with Crippen molar-refractivity contribution in [3.8, 4) is 0 Å². The first-order chi connectivity index (χ1) is 12.0. The number of anilines is 2. The molecule has 0 aliphatic heterocycles. The van der Waals surface area contributed by atoms with Crippen LogP contribution in [0.4, 0.5) is 11.4 Å². The number of hydrogen-bond donors (Lipinski definition) is 2. The van der Waals surface area contributed by atoms with Crippen LogP contribution in [-0.2, 0) is 0 Å². The topological polar surface area (TPSA) is 58.2 Å². The van der Waals surface area contributed by atoms with Crippen LogP contribution in [0, 0.1) is 0 Å². The van der Waals surface area contributed by atoms with Crippen LogP contribution >= 0.6 is 34.5 Å². The van der Waals surface area contributed by atoms with Crippen molar-refractivity contribution in [3.63, 3.8) is 0 Å². The Kier molecular flexibility index (Phi) is 5.38. The van der Waals surface area contributed by atoms with Gasteiger partial charge in [-0.1, -0.05) is 29.3 Å². The Morgan fingerprint density at radius 1 is 0.800 bits per heavy atom. The maximum Gasteiger partial charge on any atom is 0.265 e. The number of thiophene rings is 1. The molecule has 1 heterocycles. The van der Waals surface area contributed by atoms with Crippen LogP contribution in [0.15, 0.2) is 60.0 Å².